The first-order valence-corrected chi connectivity index (χ1v) is 26.6. The Bertz CT molecular complexity index is 3840. The molecular formula is C70H70N4O. The van der Waals surface area contributed by atoms with Crippen LogP contribution in [0.2, 0.25) is 0 Å². The largest absolute Gasteiger partial charge is 0.457 e. The Labute approximate surface area is 448 Å². The molecule has 0 unspecified atom stereocenters. The number of nitrogens with zero attached hydrogens (tertiary/aromatic N) is 2. The van der Waals surface area contributed by atoms with Crippen molar-refractivity contribution >= 4 is 44.6 Å². The highest BCUT2D eigenvalue weighted by Gasteiger charge is 2.24. The fourth-order valence-electron chi connectivity index (χ4n) is 10.7. The van der Waals surface area contributed by atoms with E-state index in [1.54, 1.807) is 12.3 Å². The zero-order chi connectivity index (χ0) is 54.7. The van der Waals surface area contributed by atoms with Crippen LogP contribution in [0.3, 0.4) is 0 Å². The van der Waals surface area contributed by atoms with E-state index >= 15 is 0 Å². The summed E-state index contributed by atoms with van der Waals surface area (Å²) < 4.78 is 35.3. The molecule has 0 radical (unpaired) electrons. The number of hydrogen-bond acceptors (Lipinski definition) is 4. The third kappa shape index (κ3) is 10.1. The first kappa shape index (κ1) is 45.7. The van der Waals surface area contributed by atoms with Gasteiger partial charge in [-0.1, -0.05) is 172 Å². The van der Waals surface area contributed by atoms with E-state index in [-0.39, 0.29) is 21.8 Å². The zero-order valence-corrected chi connectivity index (χ0v) is 45.0. The molecule has 8 aromatic carbocycles. The first-order chi connectivity index (χ1) is 37.2. The van der Waals surface area contributed by atoms with E-state index in [1.165, 1.54) is 39.8 Å². The minimum atomic E-state index is -2.39. The maximum absolute atomic E-state index is 8.78. The summed E-state index contributed by atoms with van der Waals surface area (Å²) in [4.78, 5) is 5.08. The van der Waals surface area contributed by atoms with Gasteiger partial charge in [-0.3, -0.25) is 4.57 Å². The smallest absolute Gasteiger partial charge is 0.137 e. The maximum atomic E-state index is 8.78. The molecule has 0 fully saturated rings. The standard InChI is InChI=1S/C70H70N4O/c1-45-36-66(71-44-61(45)47-30-32-51(33-31-47)68(2,3)4)74-64-40-49-23-15-14-22-48(49)39-60(64)59-35-34-56(43-65(59)74)75-55-25-18-24-54(42-55)72-62-28-16-17-29-63(62)73-67-57(46-20-12-11-13-21-46)26-19-27-58(67)50-37-52(69(5,6)7)41-53(38-50)70(8,9)10/h11-13,16-21,24-44,72-73H,14-15,22-23H2,1-10H3/i1D3. The molecular weight excluding hydrogens is 913 g/mol. The van der Waals surface area contributed by atoms with Crippen molar-refractivity contribution in [3.05, 3.63) is 216 Å². The molecule has 1 aliphatic carbocycles. The van der Waals surface area contributed by atoms with Gasteiger partial charge in [-0.05, 0) is 153 Å². The molecule has 0 aliphatic heterocycles. The van der Waals surface area contributed by atoms with Crippen molar-refractivity contribution < 1.29 is 8.85 Å². The van der Waals surface area contributed by atoms with Gasteiger partial charge in [0.2, 0.25) is 0 Å². The number of pyridine rings is 1. The van der Waals surface area contributed by atoms with Crippen LogP contribution in [0.1, 0.15) is 113 Å². The first-order valence-electron chi connectivity index (χ1n) is 28.1. The van der Waals surface area contributed by atoms with Crippen molar-refractivity contribution in [3.8, 4) is 50.7 Å². The number of anilines is 4. The quantitative estimate of drug-likeness (QED) is 0.143. The van der Waals surface area contributed by atoms with Gasteiger partial charge in [-0.25, -0.2) is 4.98 Å². The summed E-state index contributed by atoms with van der Waals surface area (Å²) in [5.41, 5.74) is 18.2. The van der Waals surface area contributed by atoms with Crippen molar-refractivity contribution in [3.63, 3.8) is 0 Å². The second-order valence-corrected chi connectivity index (χ2v) is 23.6. The van der Waals surface area contributed by atoms with Gasteiger partial charge in [0, 0.05) is 55.6 Å². The van der Waals surface area contributed by atoms with E-state index < -0.39 is 6.85 Å². The molecule has 1 aliphatic rings. The number of hydrogen-bond donors (Lipinski definition) is 2. The third-order valence-corrected chi connectivity index (χ3v) is 15.0. The molecule has 2 aromatic heterocycles. The molecule has 0 spiro atoms. The van der Waals surface area contributed by atoms with Gasteiger partial charge in [-0.2, -0.15) is 0 Å². The summed E-state index contributed by atoms with van der Waals surface area (Å²) in [6.07, 6.45) is 6.10. The summed E-state index contributed by atoms with van der Waals surface area (Å²) in [5, 5.41) is 9.87. The molecule has 5 heteroatoms. The number of aromatic nitrogens is 2. The van der Waals surface area contributed by atoms with Crippen LogP contribution < -0.4 is 15.4 Å². The Kier molecular flexibility index (Phi) is 11.8. The Morgan fingerprint density at radius 2 is 1.08 bits per heavy atom. The van der Waals surface area contributed by atoms with Gasteiger partial charge in [0.1, 0.15) is 17.3 Å². The fraction of sp³-hybridized carbons (Fsp3) is 0.243. The third-order valence-electron chi connectivity index (χ3n) is 15.0. The normalized spacial score (nSPS) is 13.7. The Balaban J connectivity index is 0.950. The molecule has 11 rings (SSSR count). The lowest BCUT2D eigenvalue weighted by Gasteiger charge is -2.27. The van der Waals surface area contributed by atoms with E-state index in [9.17, 15) is 0 Å². The van der Waals surface area contributed by atoms with Gasteiger partial charge in [-0.15, -0.1) is 0 Å². The van der Waals surface area contributed by atoms with Gasteiger partial charge < -0.3 is 15.4 Å². The highest BCUT2D eigenvalue weighted by molar-refractivity contribution is 6.10. The SMILES string of the molecule is [2H]C([2H])([2H])c1cc(-n2c3cc(Oc4cccc(Nc5ccccc5Nc5c(-c6ccccc6)cccc5-c5cc(C(C)(C)C)cc(C(C)(C)C)c5)c4)ccc3c3cc4c(cc32)CCCC4)ncc1-c1ccc(C(C)(C)C)cc1. The van der Waals surface area contributed by atoms with Gasteiger partial charge in [0.25, 0.3) is 0 Å². The molecule has 0 saturated carbocycles. The molecule has 0 bridgehead atoms. The van der Waals surface area contributed by atoms with E-state index in [4.69, 9.17) is 13.8 Å². The average Bonchev–Trinajstić information content (AvgIpc) is 3.87. The van der Waals surface area contributed by atoms with Crippen LogP contribution in [0.4, 0.5) is 22.7 Å². The Hall–Kier alpha value is -7.89. The Morgan fingerprint density at radius 3 is 1.76 bits per heavy atom. The van der Waals surface area contributed by atoms with Crippen LogP contribution in [0.15, 0.2) is 182 Å². The van der Waals surface area contributed by atoms with Crippen LogP contribution in [-0.2, 0) is 29.1 Å². The van der Waals surface area contributed by atoms with Crippen LogP contribution in [0, 0.1) is 6.85 Å². The number of fused-ring (bicyclic) bond motifs is 4. The molecule has 2 N–H and O–H groups in total. The summed E-state index contributed by atoms with van der Waals surface area (Å²) in [6, 6.07) is 61.6. The zero-order valence-electron chi connectivity index (χ0n) is 48.0. The molecule has 5 nitrogen and oxygen atoms in total. The minimum absolute atomic E-state index is 0.0320. The second-order valence-electron chi connectivity index (χ2n) is 23.6. The maximum Gasteiger partial charge on any atom is 0.137 e. The number of nitrogens with one attached hydrogen (secondary N) is 2. The van der Waals surface area contributed by atoms with E-state index in [2.05, 4.69) is 211 Å². The number of para-hydroxylation sites is 3. The number of benzene rings is 8. The molecule has 0 atom stereocenters. The second kappa shape index (κ2) is 19.4. The molecule has 0 saturated heterocycles. The van der Waals surface area contributed by atoms with Crippen molar-refractivity contribution in [2.75, 3.05) is 10.6 Å². The number of rotatable bonds is 10. The molecule has 0 amide bonds. The molecule has 75 heavy (non-hydrogen) atoms. The lowest BCUT2D eigenvalue weighted by atomic mass is 9.78. The average molecular weight is 986 g/mol. The van der Waals surface area contributed by atoms with E-state index in [1.807, 2.05) is 36.4 Å². The fourth-order valence-corrected chi connectivity index (χ4v) is 10.7. The topological polar surface area (TPSA) is 51.1 Å². The van der Waals surface area contributed by atoms with Crippen molar-refractivity contribution in [1.82, 2.24) is 9.55 Å². The van der Waals surface area contributed by atoms with Crippen molar-refractivity contribution in [2.45, 2.75) is 111 Å². The van der Waals surface area contributed by atoms with Crippen LogP contribution in [0.5, 0.6) is 11.5 Å². The molecule has 10 aromatic rings. The van der Waals surface area contributed by atoms with E-state index in [0.717, 1.165) is 86.1 Å². The monoisotopic (exact) mass is 986 g/mol. The van der Waals surface area contributed by atoms with E-state index in [0.29, 0.717) is 22.9 Å². The van der Waals surface area contributed by atoms with Crippen LogP contribution >= 0.6 is 0 Å². The van der Waals surface area contributed by atoms with Crippen LogP contribution in [0.25, 0.3) is 61.0 Å². The summed E-state index contributed by atoms with van der Waals surface area (Å²) in [6.45, 7) is 17.9. The summed E-state index contributed by atoms with van der Waals surface area (Å²) in [7, 11) is 0. The lowest BCUT2D eigenvalue weighted by molar-refractivity contribution is 0.483. The summed E-state index contributed by atoms with van der Waals surface area (Å²) >= 11 is 0. The van der Waals surface area contributed by atoms with Gasteiger partial charge in [0.05, 0.1) is 28.1 Å². The highest BCUT2D eigenvalue weighted by atomic mass is 16.5. The van der Waals surface area contributed by atoms with Gasteiger partial charge >= 0.3 is 0 Å². The van der Waals surface area contributed by atoms with Crippen molar-refractivity contribution in [1.29, 1.82) is 0 Å². The van der Waals surface area contributed by atoms with Crippen LogP contribution in [-0.4, -0.2) is 9.55 Å². The highest BCUT2D eigenvalue weighted by Crippen LogP contribution is 2.44. The summed E-state index contributed by atoms with van der Waals surface area (Å²) in [5.74, 6) is 1.86. The number of aryl methyl sites for hydroxylation is 3. The molecule has 376 valence electrons. The van der Waals surface area contributed by atoms with Crippen molar-refractivity contribution in [2.24, 2.45) is 0 Å². The predicted molar refractivity (Wildman–Crippen MR) is 318 cm³/mol. The van der Waals surface area contributed by atoms with Gasteiger partial charge in [0.15, 0.2) is 0 Å². The predicted octanol–water partition coefficient (Wildman–Crippen LogP) is 19.5. The number of ether oxygens (including phenoxy) is 1. The molecule has 2 heterocycles. The Morgan fingerprint density at radius 1 is 0.480 bits per heavy atom. The minimum Gasteiger partial charge on any atom is -0.457 e. The lowest BCUT2D eigenvalue weighted by Crippen LogP contribution is -2.16.